The molecule has 2 aromatic carbocycles. The number of pyridine rings is 1. The Hall–Kier alpha value is -3.09. The number of nitrogens with zero attached hydrogens (tertiary/aromatic N) is 1. The first-order valence-corrected chi connectivity index (χ1v) is 11.0. The van der Waals surface area contributed by atoms with E-state index in [0.29, 0.717) is 12.3 Å². The highest BCUT2D eigenvalue weighted by atomic mass is 32.1. The lowest BCUT2D eigenvalue weighted by Gasteiger charge is -2.17. The standard InChI is InChI=1S/C25H26N2O3S/c1-16(23-9-6-12-31-23)26-15-18-14-20-21(29-3)10-11-22(30-4)25(20)27-24(18)17-7-5-8-19(13-17)28-2/h5-14,16,26H,15H2,1-4H3/t16-/m1/s1. The molecule has 6 heteroatoms. The molecular formula is C25H26N2O3S. The van der Waals surface area contributed by atoms with Crippen LogP contribution >= 0.6 is 11.3 Å². The summed E-state index contributed by atoms with van der Waals surface area (Å²) in [5.74, 6) is 2.28. The summed E-state index contributed by atoms with van der Waals surface area (Å²) in [6.07, 6.45) is 0. The van der Waals surface area contributed by atoms with E-state index in [2.05, 4.69) is 41.9 Å². The number of fused-ring (bicyclic) bond motifs is 1. The van der Waals surface area contributed by atoms with Crippen LogP contribution in [0.3, 0.4) is 0 Å². The lowest BCUT2D eigenvalue weighted by molar-refractivity contribution is 0.409. The Labute approximate surface area is 186 Å². The molecule has 0 aliphatic heterocycles. The summed E-state index contributed by atoms with van der Waals surface area (Å²) in [5.41, 5.74) is 3.74. The zero-order valence-corrected chi connectivity index (χ0v) is 19.0. The van der Waals surface area contributed by atoms with Gasteiger partial charge in [0.15, 0.2) is 0 Å². The molecule has 5 nitrogen and oxygen atoms in total. The van der Waals surface area contributed by atoms with E-state index < -0.39 is 0 Å². The van der Waals surface area contributed by atoms with E-state index in [9.17, 15) is 0 Å². The number of thiophene rings is 1. The maximum Gasteiger partial charge on any atom is 0.145 e. The van der Waals surface area contributed by atoms with Crippen LogP contribution in [0, 0.1) is 0 Å². The monoisotopic (exact) mass is 434 g/mol. The second kappa shape index (κ2) is 9.37. The molecule has 4 aromatic rings. The van der Waals surface area contributed by atoms with Gasteiger partial charge in [0.2, 0.25) is 0 Å². The van der Waals surface area contributed by atoms with Crippen molar-refractivity contribution in [3.63, 3.8) is 0 Å². The third-order valence-electron chi connectivity index (χ3n) is 5.34. The Morgan fingerprint density at radius 3 is 2.45 bits per heavy atom. The van der Waals surface area contributed by atoms with E-state index in [0.717, 1.165) is 39.2 Å². The Bertz CT molecular complexity index is 1180. The predicted molar refractivity (Wildman–Crippen MR) is 126 cm³/mol. The van der Waals surface area contributed by atoms with Gasteiger partial charge in [-0.05, 0) is 54.3 Å². The number of hydrogen-bond donors (Lipinski definition) is 1. The first-order valence-electron chi connectivity index (χ1n) is 10.1. The molecule has 2 aromatic heterocycles. The summed E-state index contributed by atoms with van der Waals surface area (Å²) < 4.78 is 16.7. The minimum Gasteiger partial charge on any atom is -0.497 e. The molecule has 0 aliphatic rings. The lowest BCUT2D eigenvalue weighted by atomic mass is 10.0. The number of methoxy groups -OCH3 is 3. The van der Waals surface area contributed by atoms with Crippen LogP contribution in [0.25, 0.3) is 22.2 Å². The first-order chi connectivity index (χ1) is 15.1. The van der Waals surface area contributed by atoms with Gasteiger partial charge in [0, 0.05) is 28.4 Å². The molecule has 0 fully saturated rings. The van der Waals surface area contributed by atoms with Crippen LogP contribution in [0.4, 0.5) is 0 Å². The first kappa shape index (κ1) is 21.2. The van der Waals surface area contributed by atoms with Crippen molar-refractivity contribution in [3.8, 4) is 28.5 Å². The third kappa shape index (κ3) is 4.36. The van der Waals surface area contributed by atoms with E-state index in [4.69, 9.17) is 19.2 Å². The van der Waals surface area contributed by atoms with E-state index in [1.54, 1.807) is 32.7 Å². The van der Waals surface area contributed by atoms with Gasteiger partial charge in [-0.15, -0.1) is 11.3 Å². The molecule has 0 unspecified atom stereocenters. The van der Waals surface area contributed by atoms with Crippen molar-refractivity contribution in [1.29, 1.82) is 0 Å². The summed E-state index contributed by atoms with van der Waals surface area (Å²) in [6.45, 7) is 2.84. The van der Waals surface area contributed by atoms with Crippen molar-refractivity contribution in [2.45, 2.75) is 19.5 Å². The van der Waals surface area contributed by atoms with Crippen molar-refractivity contribution < 1.29 is 14.2 Å². The number of rotatable bonds is 8. The molecule has 0 saturated carbocycles. The molecular weight excluding hydrogens is 408 g/mol. The maximum absolute atomic E-state index is 5.61. The third-order valence-corrected chi connectivity index (χ3v) is 6.39. The summed E-state index contributed by atoms with van der Waals surface area (Å²) >= 11 is 1.75. The molecule has 1 atom stereocenters. The van der Waals surface area contributed by atoms with Gasteiger partial charge in [-0.2, -0.15) is 0 Å². The normalized spacial score (nSPS) is 12.0. The quantitative estimate of drug-likeness (QED) is 0.378. The maximum atomic E-state index is 5.61. The molecule has 160 valence electrons. The molecule has 0 amide bonds. The number of aromatic nitrogens is 1. The zero-order valence-electron chi connectivity index (χ0n) is 18.1. The van der Waals surface area contributed by atoms with E-state index in [-0.39, 0.29) is 6.04 Å². The Balaban J connectivity index is 1.84. The number of benzene rings is 2. The van der Waals surface area contributed by atoms with Crippen LogP contribution in [-0.4, -0.2) is 26.3 Å². The van der Waals surface area contributed by atoms with Gasteiger partial charge in [0.05, 0.1) is 27.0 Å². The van der Waals surface area contributed by atoms with E-state index in [1.807, 2.05) is 30.3 Å². The van der Waals surface area contributed by atoms with Crippen LogP contribution in [0.5, 0.6) is 17.2 Å². The number of nitrogens with one attached hydrogen (secondary N) is 1. The van der Waals surface area contributed by atoms with Crippen molar-refractivity contribution >= 4 is 22.2 Å². The summed E-state index contributed by atoms with van der Waals surface area (Å²) in [5, 5.41) is 6.66. The highest BCUT2D eigenvalue weighted by molar-refractivity contribution is 7.10. The Morgan fingerprint density at radius 2 is 1.74 bits per heavy atom. The Kier molecular flexibility index (Phi) is 6.39. The molecule has 1 N–H and O–H groups in total. The molecule has 4 rings (SSSR count). The SMILES string of the molecule is COc1cccc(-c2nc3c(OC)ccc(OC)c3cc2CN[C@H](C)c2cccs2)c1. The van der Waals surface area contributed by atoms with Crippen LogP contribution in [0.2, 0.25) is 0 Å². The van der Waals surface area contributed by atoms with Crippen LogP contribution in [0.15, 0.2) is 60.0 Å². The van der Waals surface area contributed by atoms with Crippen LogP contribution < -0.4 is 19.5 Å². The highest BCUT2D eigenvalue weighted by Crippen LogP contribution is 2.36. The van der Waals surface area contributed by atoms with Gasteiger partial charge >= 0.3 is 0 Å². The molecule has 31 heavy (non-hydrogen) atoms. The smallest absolute Gasteiger partial charge is 0.145 e. The fraction of sp³-hybridized carbons (Fsp3) is 0.240. The average molecular weight is 435 g/mol. The van der Waals surface area contributed by atoms with Gasteiger partial charge in [-0.25, -0.2) is 4.98 Å². The van der Waals surface area contributed by atoms with Crippen molar-refractivity contribution in [2.75, 3.05) is 21.3 Å². The van der Waals surface area contributed by atoms with Gasteiger partial charge < -0.3 is 19.5 Å². The van der Waals surface area contributed by atoms with Gasteiger partial charge in [-0.3, -0.25) is 0 Å². The fourth-order valence-electron chi connectivity index (χ4n) is 3.65. The second-order valence-electron chi connectivity index (χ2n) is 7.21. The molecule has 2 heterocycles. The predicted octanol–water partition coefficient (Wildman–Crippen LogP) is 5.84. The van der Waals surface area contributed by atoms with Crippen molar-refractivity contribution in [2.24, 2.45) is 0 Å². The molecule has 0 spiro atoms. The fourth-order valence-corrected chi connectivity index (χ4v) is 4.41. The Morgan fingerprint density at radius 1 is 0.935 bits per heavy atom. The van der Waals surface area contributed by atoms with Gasteiger partial charge in [-0.1, -0.05) is 18.2 Å². The molecule has 0 saturated heterocycles. The van der Waals surface area contributed by atoms with E-state index in [1.165, 1.54) is 4.88 Å². The van der Waals surface area contributed by atoms with Gasteiger partial charge in [0.25, 0.3) is 0 Å². The van der Waals surface area contributed by atoms with Crippen molar-refractivity contribution in [3.05, 3.63) is 70.4 Å². The van der Waals surface area contributed by atoms with E-state index >= 15 is 0 Å². The van der Waals surface area contributed by atoms with Crippen LogP contribution in [0.1, 0.15) is 23.4 Å². The highest BCUT2D eigenvalue weighted by Gasteiger charge is 2.17. The summed E-state index contributed by atoms with van der Waals surface area (Å²) in [7, 11) is 5.01. The van der Waals surface area contributed by atoms with Crippen LogP contribution in [-0.2, 0) is 6.54 Å². The molecule has 0 aliphatic carbocycles. The molecule has 0 bridgehead atoms. The zero-order chi connectivity index (χ0) is 21.8. The molecule has 0 radical (unpaired) electrons. The second-order valence-corrected chi connectivity index (χ2v) is 8.19. The minimum absolute atomic E-state index is 0.237. The summed E-state index contributed by atoms with van der Waals surface area (Å²) in [6, 6.07) is 18.4. The number of ether oxygens (including phenoxy) is 3. The minimum atomic E-state index is 0.237. The van der Waals surface area contributed by atoms with Crippen molar-refractivity contribution in [1.82, 2.24) is 10.3 Å². The topological polar surface area (TPSA) is 52.6 Å². The number of hydrogen-bond acceptors (Lipinski definition) is 6. The summed E-state index contributed by atoms with van der Waals surface area (Å²) in [4.78, 5) is 6.34. The lowest BCUT2D eigenvalue weighted by Crippen LogP contribution is -2.18. The largest absolute Gasteiger partial charge is 0.497 e. The average Bonchev–Trinajstić information content (AvgIpc) is 3.36. The van der Waals surface area contributed by atoms with Gasteiger partial charge in [0.1, 0.15) is 22.8 Å².